The zero-order valence-corrected chi connectivity index (χ0v) is 26.1. The molecule has 0 N–H and O–H groups in total. The van der Waals surface area contributed by atoms with Crippen molar-refractivity contribution >= 4 is 113 Å². The van der Waals surface area contributed by atoms with Crippen molar-refractivity contribution in [3.8, 4) is 0 Å². The summed E-state index contributed by atoms with van der Waals surface area (Å²) in [5.41, 5.74) is 0. The molecule has 0 spiro atoms. The van der Waals surface area contributed by atoms with Crippen molar-refractivity contribution in [3.05, 3.63) is 0 Å². The van der Waals surface area contributed by atoms with Crippen molar-refractivity contribution in [2.45, 2.75) is 41.5 Å². The highest BCUT2D eigenvalue weighted by Gasteiger charge is 2.11. The Kier molecular flexibility index (Phi) is 27.4. The lowest BCUT2D eigenvalue weighted by atomic mass is 10.6. The minimum Gasteiger partial charge on any atom is -0.364 e. The minimum atomic E-state index is 0.620. The van der Waals surface area contributed by atoms with Crippen LogP contribution in [-0.4, -0.2) is 90.2 Å². The van der Waals surface area contributed by atoms with E-state index in [0.29, 0.717) is 8.64 Å². The van der Waals surface area contributed by atoms with Gasteiger partial charge in [0.15, 0.2) is 0 Å². The van der Waals surface area contributed by atoms with Gasteiger partial charge in [-0.15, -0.1) is 25.3 Å². The second-order valence-electron chi connectivity index (χ2n) is 5.67. The van der Waals surface area contributed by atoms with Gasteiger partial charge in [0.1, 0.15) is 17.3 Å². The maximum absolute atomic E-state index is 5.34. The van der Waals surface area contributed by atoms with E-state index in [1.165, 1.54) is 0 Å². The fraction of sp³-hybridized carbons (Fsp3) is 0.778. The molecule has 12 heteroatoms. The molecule has 0 rings (SSSR count). The summed E-state index contributed by atoms with van der Waals surface area (Å²) in [6, 6.07) is 0. The molecule has 0 aliphatic carbocycles. The monoisotopic (exact) mass is 566 g/mol. The molecule has 0 fully saturated rings. The second kappa shape index (κ2) is 23.1. The van der Waals surface area contributed by atoms with Crippen LogP contribution in [0.2, 0.25) is 0 Å². The van der Waals surface area contributed by atoms with E-state index >= 15 is 0 Å². The van der Waals surface area contributed by atoms with E-state index in [2.05, 4.69) is 88.8 Å². The molecule has 0 bridgehead atoms. The third kappa shape index (κ3) is 19.6. The SMILES string of the molecule is CCN(CC)C(=S)S.CCN(CC)C(=S)SSC(=S)N(CC)CC.CN(C)C(=S)S. The Labute approximate surface area is 225 Å². The van der Waals surface area contributed by atoms with Crippen LogP contribution in [0.1, 0.15) is 41.5 Å². The average molecular weight is 567 g/mol. The number of hydrogen-bond donors (Lipinski definition) is 2. The van der Waals surface area contributed by atoms with Crippen LogP contribution in [0, 0.1) is 0 Å². The van der Waals surface area contributed by atoms with Gasteiger partial charge in [-0.05, 0) is 63.1 Å². The van der Waals surface area contributed by atoms with E-state index in [0.717, 1.165) is 47.9 Å². The van der Waals surface area contributed by atoms with Crippen LogP contribution in [-0.2, 0) is 0 Å². The average Bonchev–Trinajstić information content (AvgIpc) is 2.69. The van der Waals surface area contributed by atoms with E-state index in [9.17, 15) is 0 Å². The summed E-state index contributed by atoms with van der Waals surface area (Å²) >= 11 is 28.0. The number of thiocarbonyl (C=S) groups is 4. The van der Waals surface area contributed by atoms with Crippen LogP contribution in [0.3, 0.4) is 0 Å². The predicted molar refractivity (Wildman–Crippen MR) is 166 cm³/mol. The molecule has 0 saturated carbocycles. The van der Waals surface area contributed by atoms with Crippen molar-refractivity contribution in [2.75, 3.05) is 53.4 Å². The highest BCUT2D eigenvalue weighted by Crippen LogP contribution is 2.28. The third-order valence-electron chi connectivity index (χ3n) is 3.64. The molecule has 0 atom stereocenters. The molecule has 0 heterocycles. The molecule has 0 aromatic heterocycles. The lowest BCUT2D eigenvalue weighted by Crippen LogP contribution is -2.28. The number of thiol groups is 2. The summed E-state index contributed by atoms with van der Waals surface area (Å²) in [6.07, 6.45) is 0. The maximum Gasteiger partial charge on any atom is 0.147 e. The van der Waals surface area contributed by atoms with Crippen LogP contribution in [0.4, 0.5) is 0 Å². The zero-order chi connectivity index (χ0) is 24.3. The molecule has 0 unspecified atom stereocenters. The van der Waals surface area contributed by atoms with Crippen LogP contribution < -0.4 is 0 Å². The molecule has 178 valence electrons. The van der Waals surface area contributed by atoms with E-state index in [-0.39, 0.29) is 0 Å². The molecule has 0 aliphatic heterocycles. The summed E-state index contributed by atoms with van der Waals surface area (Å²) in [4.78, 5) is 8.10. The van der Waals surface area contributed by atoms with Crippen LogP contribution in [0.15, 0.2) is 0 Å². The van der Waals surface area contributed by atoms with E-state index in [1.807, 2.05) is 19.0 Å². The largest absolute Gasteiger partial charge is 0.364 e. The Bertz CT molecular complexity index is 467. The first-order valence-corrected chi connectivity index (χ1v) is 14.4. The van der Waals surface area contributed by atoms with Gasteiger partial charge in [-0.25, -0.2) is 0 Å². The molecule has 0 amide bonds. The van der Waals surface area contributed by atoms with E-state index < -0.39 is 0 Å². The van der Waals surface area contributed by atoms with E-state index in [4.69, 9.17) is 36.7 Å². The van der Waals surface area contributed by atoms with Crippen LogP contribution >= 0.6 is 95.7 Å². The van der Waals surface area contributed by atoms with Crippen molar-refractivity contribution < 1.29 is 0 Å². The summed E-state index contributed by atoms with van der Waals surface area (Å²) in [7, 11) is 6.90. The Morgan fingerprint density at radius 2 is 0.800 bits per heavy atom. The summed E-state index contributed by atoms with van der Waals surface area (Å²) < 4.78 is 3.15. The number of hydrogen-bond acceptors (Lipinski definition) is 6. The molecule has 0 aliphatic rings. The topological polar surface area (TPSA) is 13.0 Å². The van der Waals surface area contributed by atoms with Gasteiger partial charge in [-0.1, -0.05) is 48.9 Å². The van der Waals surface area contributed by atoms with Gasteiger partial charge in [-0.3, -0.25) is 0 Å². The van der Waals surface area contributed by atoms with Crippen molar-refractivity contribution in [2.24, 2.45) is 0 Å². The highest BCUT2D eigenvalue weighted by atomic mass is 33.1. The summed E-state index contributed by atoms with van der Waals surface area (Å²) in [5, 5.41) is 0. The predicted octanol–water partition coefficient (Wildman–Crippen LogP) is 5.93. The lowest BCUT2D eigenvalue weighted by Gasteiger charge is -2.23. The zero-order valence-electron chi connectivity index (χ0n) is 19.4. The molecular weight excluding hydrogens is 529 g/mol. The first kappa shape index (κ1) is 35.5. The summed E-state index contributed by atoms with van der Waals surface area (Å²) in [6.45, 7) is 18.3. The van der Waals surface area contributed by atoms with Gasteiger partial charge in [0.05, 0.1) is 0 Å². The minimum absolute atomic E-state index is 0.620. The van der Waals surface area contributed by atoms with E-state index in [1.54, 1.807) is 26.5 Å². The molecule has 4 nitrogen and oxygen atoms in total. The normalized spacial score (nSPS) is 9.27. The number of nitrogens with zero attached hydrogens (tertiary/aromatic N) is 4. The second-order valence-corrected chi connectivity index (χ2v) is 11.3. The van der Waals surface area contributed by atoms with Crippen LogP contribution in [0.25, 0.3) is 0 Å². The van der Waals surface area contributed by atoms with Crippen molar-refractivity contribution in [1.82, 2.24) is 19.6 Å². The van der Waals surface area contributed by atoms with Gasteiger partial charge in [-0.2, -0.15) is 0 Å². The lowest BCUT2D eigenvalue weighted by molar-refractivity contribution is 0.482. The summed E-state index contributed by atoms with van der Waals surface area (Å²) in [5.74, 6) is 0. The standard InChI is InChI=1S/C10H20N2S4.C5H11NS2.C3H7NS2/c1-5-11(6-2)9(13)15-16-10(14)12(7-3)8-4;1-3-6(4-2)5(7)8;1-4(2)3(5)6/h5-8H2,1-4H3;3-4H2,1-2H3,(H,7,8);1-2H3,(H,5,6). The molecule has 30 heavy (non-hydrogen) atoms. The molecule has 0 saturated heterocycles. The van der Waals surface area contributed by atoms with Gasteiger partial charge in [0, 0.05) is 53.4 Å². The quantitative estimate of drug-likeness (QED) is 0.227. The highest BCUT2D eigenvalue weighted by molar-refractivity contribution is 8.89. The van der Waals surface area contributed by atoms with Crippen molar-refractivity contribution in [3.63, 3.8) is 0 Å². The fourth-order valence-corrected chi connectivity index (χ4v) is 5.23. The van der Waals surface area contributed by atoms with Crippen LogP contribution in [0.5, 0.6) is 0 Å². The fourth-order valence-electron chi connectivity index (χ4n) is 1.63. The smallest absolute Gasteiger partial charge is 0.147 e. The van der Waals surface area contributed by atoms with Crippen molar-refractivity contribution in [1.29, 1.82) is 0 Å². The first-order chi connectivity index (χ1) is 14.0. The Balaban J connectivity index is -0.000000431. The molecule has 0 aromatic rings. The Morgan fingerprint density at radius 3 is 0.900 bits per heavy atom. The molecule has 0 radical (unpaired) electrons. The third-order valence-corrected chi connectivity index (χ3v) is 8.68. The Morgan fingerprint density at radius 1 is 0.567 bits per heavy atom. The van der Waals surface area contributed by atoms with Gasteiger partial charge in [0.25, 0.3) is 0 Å². The van der Waals surface area contributed by atoms with Gasteiger partial charge in [0.2, 0.25) is 0 Å². The molecule has 0 aromatic carbocycles. The molecular formula is C18H38N4S8. The Hall–Kier alpha value is 0.960. The number of rotatable bonds is 6. The van der Waals surface area contributed by atoms with Gasteiger partial charge >= 0.3 is 0 Å². The van der Waals surface area contributed by atoms with Gasteiger partial charge < -0.3 is 19.6 Å². The maximum atomic E-state index is 5.34. The first-order valence-electron chi connectivity index (χ1n) is 9.77.